The van der Waals surface area contributed by atoms with E-state index < -0.39 is 0 Å². The molecule has 0 bridgehead atoms. The van der Waals surface area contributed by atoms with Gasteiger partial charge in [-0.25, -0.2) is 4.68 Å². The van der Waals surface area contributed by atoms with Crippen molar-refractivity contribution in [1.82, 2.24) is 15.1 Å². The summed E-state index contributed by atoms with van der Waals surface area (Å²) in [6, 6.07) is 17.9. The Balaban J connectivity index is 0.00000225. The van der Waals surface area contributed by atoms with Gasteiger partial charge >= 0.3 is 0 Å². The molecule has 0 aliphatic heterocycles. The molecule has 1 aliphatic carbocycles. The normalized spacial score (nSPS) is 14.2. The molecule has 0 saturated heterocycles. The Morgan fingerprint density at radius 1 is 1.18 bits per heavy atom. The molecule has 4 rings (SSSR count). The van der Waals surface area contributed by atoms with Crippen LogP contribution in [0.25, 0.3) is 16.9 Å². The van der Waals surface area contributed by atoms with E-state index in [0.29, 0.717) is 23.7 Å². The molecule has 2 aromatic carbocycles. The highest BCUT2D eigenvalue weighted by Crippen LogP contribution is 2.33. The lowest BCUT2D eigenvalue weighted by molar-refractivity contribution is 0.0934. The van der Waals surface area contributed by atoms with Crippen molar-refractivity contribution in [2.24, 2.45) is 11.7 Å². The number of nitrogens with zero attached hydrogens (tertiary/aromatic N) is 2. The number of hydrogen-bond donors (Lipinski definition) is 2. The molecular weight excluding hydrogens is 372 g/mol. The Labute approximate surface area is 171 Å². The van der Waals surface area contributed by atoms with Gasteiger partial charge in [-0.3, -0.25) is 4.79 Å². The summed E-state index contributed by atoms with van der Waals surface area (Å²) >= 11 is 0. The number of carbonyl (C=O) groups excluding carboxylic acids is 1. The Hall–Kier alpha value is -2.63. The lowest BCUT2D eigenvalue weighted by Crippen LogP contribution is -2.41. The Bertz CT molecular complexity index is 950. The molecule has 28 heavy (non-hydrogen) atoms. The van der Waals surface area contributed by atoms with Gasteiger partial charge in [-0.1, -0.05) is 42.5 Å². The van der Waals surface area contributed by atoms with Crippen molar-refractivity contribution in [3.63, 3.8) is 0 Å². The van der Waals surface area contributed by atoms with Crippen LogP contribution < -0.4 is 11.1 Å². The number of aromatic nitrogens is 2. The molecule has 0 radical (unpaired) electrons. The van der Waals surface area contributed by atoms with E-state index in [9.17, 15) is 4.79 Å². The Kier molecular flexibility index (Phi) is 6.17. The smallest absolute Gasteiger partial charge is 0.255 e. The van der Waals surface area contributed by atoms with Gasteiger partial charge in [0.05, 0.1) is 11.3 Å². The van der Waals surface area contributed by atoms with Crippen LogP contribution in [0.15, 0.2) is 60.8 Å². The van der Waals surface area contributed by atoms with Crippen molar-refractivity contribution in [3.05, 3.63) is 71.9 Å². The first-order chi connectivity index (χ1) is 13.2. The van der Waals surface area contributed by atoms with Crippen molar-refractivity contribution < 1.29 is 4.79 Å². The quantitative estimate of drug-likeness (QED) is 0.666. The van der Waals surface area contributed by atoms with Crippen LogP contribution in [0.4, 0.5) is 0 Å². The summed E-state index contributed by atoms with van der Waals surface area (Å²) in [6.07, 6.45) is 4.08. The minimum absolute atomic E-state index is 0. The third kappa shape index (κ3) is 4.11. The molecule has 1 amide bonds. The van der Waals surface area contributed by atoms with Gasteiger partial charge in [0.2, 0.25) is 0 Å². The van der Waals surface area contributed by atoms with Gasteiger partial charge in [0.15, 0.2) is 0 Å². The molecule has 1 aromatic heterocycles. The number of amides is 1. The van der Waals surface area contributed by atoms with Gasteiger partial charge in [-0.05, 0) is 43.4 Å². The Morgan fingerprint density at radius 3 is 2.50 bits per heavy atom. The van der Waals surface area contributed by atoms with Crippen LogP contribution in [-0.4, -0.2) is 28.3 Å². The van der Waals surface area contributed by atoms with Crippen molar-refractivity contribution in [1.29, 1.82) is 0 Å². The number of para-hydroxylation sites is 1. The zero-order valence-corrected chi connectivity index (χ0v) is 16.7. The molecule has 1 fully saturated rings. The molecule has 1 aliphatic rings. The van der Waals surface area contributed by atoms with Gasteiger partial charge < -0.3 is 11.1 Å². The van der Waals surface area contributed by atoms with Crippen molar-refractivity contribution in [3.8, 4) is 16.9 Å². The zero-order chi connectivity index (χ0) is 18.8. The summed E-state index contributed by atoms with van der Waals surface area (Å²) in [7, 11) is 0. The van der Waals surface area contributed by atoms with Crippen LogP contribution in [0.5, 0.6) is 0 Å². The SMILES string of the molecule is Cc1ccccc1-c1nn(-c2ccccc2)cc1C(=O)NC(CN)C1CC1.Cl. The predicted molar refractivity (Wildman–Crippen MR) is 114 cm³/mol. The topological polar surface area (TPSA) is 72.9 Å². The third-order valence-corrected chi connectivity index (χ3v) is 5.14. The number of halogens is 1. The van der Waals surface area contributed by atoms with Gasteiger partial charge in [0.25, 0.3) is 5.91 Å². The molecule has 6 heteroatoms. The Morgan fingerprint density at radius 2 is 1.86 bits per heavy atom. The summed E-state index contributed by atoms with van der Waals surface area (Å²) in [4.78, 5) is 13.1. The molecule has 1 heterocycles. The van der Waals surface area contributed by atoms with Crippen LogP contribution in [0.3, 0.4) is 0 Å². The van der Waals surface area contributed by atoms with Crippen molar-refractivity contribution in [2.45, 2.75) is 25.8 Å². The third-order valence-electron chi connectivity index (χ3n) is 5.14. The summed E-state index contributed by atoms with van der Waals surface area (Å²) in [5, 5.41) is 7.87. The first-order valence-corrected chi connectivity index (χ1v) is 9.39. The zero-order valence-electron chi connectivity index (χ0n) is 15.8. The fourth-order valence-electron chi connectivity index (χ4n) is 3.40. The molecule has 0 spiro atoms. The van der Waals surface area contributed by atoms with E-state index in [-0.39, 0.29) is 24.4 Å². The number of benzene rings is 2. The van der Waals surface area contributed by atoms with Crippen LogP contribution in [0, 0.1) is 12.8 Å². The summed E-state index contributed by atoms with van der Waals surface area (Å²) < 4.78 is 1.77. The van der Waals surface area contributed by atoms with Crippen LogP contribution in [0.1, 0.15) is 28.8 Å². The minimum Gasteiger partial charge on any atom is -0.348 e. The number of hydrogen-bond acceptors (Lipinski definition) is 3. The first kappa shape index (κ1) is 20.1. The standard InChI is InChI=1S/C22H24N4O.ClH/c1-15-7-5-6-10-18(15)21-19(22(27)24-20(13-23)16-11-12-16)14-26(25-21)17-8-3-2-4-9-17;/h2-10,14,16,20H,11-13,23H2,1H3,(H,24,27);1H. The van der Waals surface area contributed by atoms with Crippen molar-refractivity contribution in [2.75, 3.05) is 6.54 Å². The first-order valence-electron chi connectivity index (χ1n) is 9.39. The average molecular weight is 397 g/mol. The van der Waals surface area contributed by atoms with E-state index in [0.717, 1.165) is 29.7 Å². The molecule has 146 valence electrons. The van der Waals surface area contributed by atoms with Crippen LogP contribution in [0.2, 0.25) is 0 Å². The highest BCUT2D eigenvalue weighted by Gasteiger charge is 2.32. The molecule has 1 unspecified atom stereocenters. The second-order valence-electron chi connectivity index (χ2n) is 7.14. The second kappa shape index (κ2) is 8.59. The second-order valence-corrected chi connectivity index (χ2v) is 7.14. The molecule has 1 atom stereocenters. The van der Waals surface area contributed by atoms with E-state index in [1.54, 1.807) is 4.68 Å². The van der Waals surface area contributed by atoms with Gasteiger partial charge in [0.1, 0.15) is 5.69 Å². The molecule has 3 N–H and O–H groups in total. The maximum Gasteiger partial charge on any atom is 0.255 e. The fraction of sp³-hybridized carbons (Fsp3) is 0.273. The number of carbonyl (C=O) groups is 1. The maximum absolute atomic E-state index is 13.1. The summed E-state index contributed by atoms with van der Waals surface area (Å²) in [5.41, 5.74) is 10.1. The highest BCUT2D eigenvalue weighted by atomic mass is 35.5. The predicted octanol–water partition coefficient (Wildman–Crippen LogP) is 3.74. The number of nitrogens with one attached hydrogen (secondary N) is 1. The maximum atomic E-state index is 13.1. The average Bonchev–Trinajstić information content (AvgIpc) is 3.45. The monoisotopic (exact) mass is 396 g/mol. The fourth-order valence-corrected chi connectivity index (χ4v) is 3.40. The molecule has 3 aromatic rings. The van der Waals surface area contributed by atoms with Crippen LogP contribution in [-0.2, 0) is 0 Å². The number of rotatable bonds is 6. The van der Waals surface area contributed by atoms with E-state index in [4.69, 9.17) is 10.8 Å². The van der Waals surface area contributed by atoms with E-state index in [2.05, 4.69) is 5.32 Å². The van der Waals surface area contributed by atoms with Crippen LogP contribution >= 0.6 is 12.4 Å². The summed E-state index contributed by atoms with van der Waals surface area (Å²) in [5.74, 6) is 0.391. The van der Waals surface area contributed by atoms with Gasteiger partial charge in [-0.15, -0.1) is 12.4 Å². The van der Waals surface area contributed by atoms with Crippen molar-refractivity contribution >= 4 is 18.3 Å². The minimum atomic E-state index is -0.113. The summed E-state index contributed by atoms with van der Waals surface area (Å²) in [6.45, 7) is 2.49. The number of nitrogens with two attached hydrogens (primary N) is 1. The van der Waals surface area contributed by atoms with E-state index >= 15 is 0 Å². The molecule has 5 nitrogen and oxygen atoms in total. The van der Waals surface area contributed by atoms with E-state index in [1.807, 2.05) is 67.7 Å². The molecule has 1 saturated carbocycles. The lowest BCUT2D eigenvalue weighted by Gasteiger charge is -2.16. The largest absolute Gasteiger partial charge is 0.348 e. The van der Waals surface area contributed by atoms with E-state index in [1.165, 1.54) is 0 Å². The lowest BCUT2D eigenvalue weighted by atomic mass is 10.0. The van der Waals surface area contributed by atoms with Gasteiger partial charge in [0, 0.05) is 24.3 Å². The highest BCUT2D eigenvalue weighted by molar-refractivity contribution is 6.00. The van der Waals surface area contributed by atoms with Gasteiger partial charge in [-0.2, -0.15) is 5.10 Å². The molecular formula is C22H25ClN4O. The number of aryl methyl sites for hydroxylation is 1.